The van der Waals surface area contributed by atoms with Crippen LogP contribution in [0, 0.1) is 5.92 Å². The number of benzene rings is 1. The third-order valence-electron chi connectivity index (χ3n) is 6.04. The van der Waals surface area contributed by atoms with Crippen molar-refractivity contribution in [1.82, 2.24) is 9.97 Å². The molecule has 2 aromatic rings. The molecule has 38 heavy (non-hydrogen) atoms. The molecular formula is C25H27N5O7S. The summed E-state index contributed by atoms with van der Waals surface area (Å²) < 4.78 is 17.3. The second-order valence-electron chi connectivity index (χ2n) is 8.74. The number of aromatic nitrogens is 2. The first kappa shape index (κ1) is 27.3. The molecule has 0 bridgehead atoms. The first-order valence-electron chi connectivity index (χ1n) is 12.0. The number of nitrogens with one attached hydrogen (secondary N) is 1. The van der Waals surface area contributed by atoms with Crippen LogP contribution in [0.4, 0.5) is 11.5 Å². The Labute approximate surface area is 222 Å². The molecule has 2 aliphatic rings. The van der Waals surface area contributed by atoms with Crippen molar-refractivity contribution in [3.8, 4) is 0 Å². The summed E-state index contributed by atoms with van der Waals surface area (Å²) in [6.45, 7) is 4.00. The molecule has 1 fully saturated rings. The number of fused-ring (bicyclic) bond motifs is 1. The second-order valence-corrected chi connectivity index (χ2v) is 10.0. The maximum Gasteiger partial charge on any atom is 0.303 e. The third kappa shape index (κ3) is 6.40. The van der Waals surface area contributed by atoms with Gasteiger partial charge >= 0.3 is 11.9 Å². The van der Waals surface area contributed by atoms with E-state index in [1.165, 1.54) is 27.1 Å². The number of rotatable bonds is 9. The van der Waals surface area contributed by atoms with Crippen molar-refractivity contribution in [3.63, 3.8) is 0 Å². The van der Waals surface area contributed by atoms with Crippen LogP contribution in [0.5, 0.6) is 0 Å². The number of hydrogen-bond acceptors (Lipinski definition) is 12. The summed E-state index contributed by atoms with van der Waals surface area (Å²) in [5.74, 6) is -1.24. The molecule has 1 aromatic carbocycles. The average Bonchev–Trinajstić information content (AvgIpc) is 3.44. The lowest BCUT2D eigenvalue weighted by molar-refractivity contribution is -0.153. The van der Waals surface area contributed by atoms with Crippen LogP contribution in [0.1, 0.15) is 49.3 Å². The molecule has 2 aliphatic heterocycles. The number of azo groups is 1. The summed E-state index contributed by atoms with van der Waals surface area (Å²) in [6.07, 6.45) is -0.385. The fraction of sp³-hybridized carbons (Fsp3) is 0.440. The predicted molar refractivity (Wildman–Crippen MR) is 136 cm³/mol. The van der Waals surface area contributed by atoms with E-state index in [2.05, 4.69) is 25.5 Å². The van der Waals surface area contributed by atoms with Crippen molar-refractivity contribution in [3.05, 3.63) is 47.9 Å². The minimum atomic E-state index is -0.827. The number of esters is 2. The monoisotopic (exact) mass is 541 g/mol. The minimum absolute atomic E-state index is 0.0343. The van der Waals surface area contributed by atoms with Gasteiger partial charge in [-0.3, -0.25) is 19.2 Å². The quantitative estimate of drug-likeness (QED) is 0.466. The van der Waals surface area contributed by atoms with Crippen molar-refractivity contribution in [1.29, 1.82) is 0 Å². The summed E-state index contributed by atoms with van der Waals surface area (Å²) in [5.41, 5.74) is 1.12. The molecule has 12 nitrogen and oxygen atoms in total. The molecule has 3 heterocycles. The maximum atomic E-state index is 12.7. The van der Waals surface area contributed by atoms with Gasteiger partial charge in [0.15, 0.2) is 16.6 Å². The smallest absolute Gasteiger partial charge is 0.303 e. The standard InChI is InChI=1S/C25H27N5O7S/c1-13(31)35-11-17-18(9-10-38-15(3)33)37-23(22(17)36-14(2)32)20-19-21(30-29-20)24(27-12-26-19)28-25(34)16-7-5-4-6-8-16/h4-8,12,17-18,20,22-23H,9-11H2,1-3H3,(H,26,27,28,34). The zero-order valence-electron chi connectivity index (χ0n) is 21.0. The first-order chi connectivity index (χ1) is 18.2. The normalized spacial score (nSPS) is 23.5. The van der Waals surface area contributed by atoms with E-state index in [0.717, 1.165) is 11.8 Å². The molecule has 5 unspecified atom stereocenters. The van der Waals surface area contributed by atoms with Crippen molar-refractivity contribution in [2.24, 2.45) is 16.1 Å². The SMILES string of the molecule is CC(=O)OCC1C(CCSC(C)=O)OC(C2N=Nc3c(NC(=O)c4ccccc4)ncnc32)C1OC(C)=O. The van der Waals surface area contributed by atoms with Gasteiger partial charge < -0.3 is 19.5 Å². The number of thioether (sulfide) groups is 1. The number of ether oxygens (including phenoxy) is 3. The highest BCUT2D eigenvalue weighted by atomic mass is 32.2. The molecule has 0 saturated carbocycles. The molecule has 13 heteroatoms. The number of hydrogen-bond donors (Lipinski definition) is 1. The lowest BCUT2D eigenvalue weighted by atomic mass is 9.92. The zero-order chi connectivity index (χ0) is 27.2. The Bertz CT molecular complexity index is 1240. The third-order valence-corrected chi connectivity index (χ3v) is 6.88. The van der Waals surface area contributed by atoms with E-state index in [1.807, 2.05) is 0 Å². The van der Waals surface area contributed by atoms with Crippen molar-refractivity contribution >= 4 is 46.2 Å². The van der Waals surface area contributed by atoms with Gasteiger partial charge in [0.2, 0.25) is 0 Å². The molecular weight excluding hydrogens is 514 g/mol. The fourth-order valence-corrected chi connectivity index (χ4v) is 5.05. The predicted octanol–water partition coefficient (Wildman–Crippen LogP) is 3.42. The van der Waals surface area contributed by atoms with Crippen LogP contribution in [0.3, 0.4) is 0 Å². The fourth-order valence-electron chi connectivity index (χ4n) is 4.42. The van der Waals surface area contributed by atoms with E-state index >= 15 is 0 Å². The lowest BCUT2D eigenvalue weighted by Gasteiger charge is -2.25. The Morgan fingerprint density at radius 3 is 2.50 bits per heavy atom. The van der Waals surface area contributed by atoms with Crippen LogP contribution < -0.4 is 5.32 Å². The average molecular weight is 542 g/mol. The van der Waals surface area contributed by atoms with Gasteiger partial charge in [-0.05, 0) is 18.6 Å². The molecule has 0 radical (unpaired) electrons. The van der Waals surface area contributed by atoms with E-state index in [1.54, 1.807) is 30.3 Å². The molecule has 5 atom stereocenters. The van der Waals surface area contributed by atoms with Crippen LogP contribution in [0.2, 0.25) is 0 Å². The largest absolute Gasteiger partial charge is 0.465 e. The van der Waals surface area contributed by atoms with E-state index in [4.69, 9.17) is 14.2 Å². The minimum Gasteiger partial charge on any atom is -0.465 e. The highest BCUT2D eigenvalue weighted by Crippen LogP contribution is 2.46. The Kier molecular flexibility index (Phi) is 8.79. The molecule has 4 rings (SSSR count). The van der Waals surface area contributed by atoms with Crippen LogP contribution in [-0.4, -0.2) is 63.6 Å². The van der Waals surface area contributed by atoms with Gasteiger partial charge in [-0.25, -0.2) is 9.97 Å². The summed E-state index contributed by atoms with van der Waals surface area (Å²) in [6, 6.07) is 7.88. The van der Waals surface area contributed by atoms with Gasteiger partial charge in [0, 0.05) is 32.1 Å². The Morgan fingerprint density at radius 2 is 1.82 bits per heavy atom. The number of carbonyl (C=O) groups excluding carboxylic acids is 4. The van der Waals surface area contributed by atoms with E-state index in [0.29, 0.717) is 23.4 Å². The van der Waals surface area contributed by atoms with Crippen LogP contribution >= 0.6 is 11.8 Å². The number of amides is 1. The molecule has 200 valence electrons. The zero-order valence-corrected chi connectivity index (χ0v) is 21.8. The highest BCUT2D eigenvalue weighted by Gasteiger charge is 2.52. The second kappa shape index (κ2) is 12.2. The van der Waals surface area contributed by atoms with Gasteiger partial charge in [0.05, 0.1) is 12.0 Å². The van der Waals surface area contributed by atoms with Crippen molar-refractivity contribution < 1.29 is 33.4 Å². The molecule has 1 aromatic heterocycles. The summed E-state index contributed by atoms with van der Waals surface area (Å²) in [4.78, 5) is 56.3. The number of carbonyl (C=O) groups is 4. The van der Waals surface area contributed by atoms with Gasteiger partial charge in [0.1, 0.15) is 36.9 Å². The molecule has 0 spiro atoms. The summed E-state index contributed by atoms with van der Waals surface area (Å²) in [5, 5.41) is 11.3. The van der Waals surface area contributed by atoms with Gasteiger partial charge in [-0.1, -0.05) is 30.0 Å². The number of nitrogens with zero attached hydrogens (tertiary/aromatic N) is 4. The Morgan fingerprint density at radius 1 is 1.05 bits per heavy atom. The molecule has 0 aliphatic carbocycles. The summed E-state index contributed by atoms with van der Waals surface area (Å²) in [7, 11) is 0. The Hall–Kier alpha value is -3.71. The highest BCUT2D eigenvalue weighted by molar-refractivity contribution is 8.13. The molecule has 1 N–H and O–H groups in total. The van der Waals surface area contributed by atoms with E-state index in [-0.39, 0.29) is 29.1 Å². The molecule has 1 saturated heterocycles. The van der Waals surface area contributed by atoms with Crippen LogP contribution in [-0.2, 0) is 28.6 Å². The van der Waals surface area contributed by atoms with Crippen LogP contribution in [0.25, 0.3) is 0 Å². The van der Waals surface area contributed by atoms with E-state index < -0.39 is 42.2 Å². The Balaban J connectivity index is 1.60. The van der Waals surface area contributed by atoms with Gasteiger partial charge in [-0.15, -0.1) is 5.11 Å². The van der Waals surface area contributed by atoms with Crippen molar-refractivity contribution in [2.45, 2.75) is 51.5 Å². The number of anilines is 1. The van der Waals surface area contributed by atoms with Gasteiger partial charge in [0.25, 0.3) is 5.91 Å². The van der Waals surface area contributed by atoms with Crippen LogP contribution in [0.15, 0.2) is 46.9 Å². The van der Waals surface area contributed by atoms with Crippen molar-refractivity contribution in [2.75, 3.05) is 17.7 Å². The maximum absolute atomic E-state index is 12.7. The molecule has 1 amide bonds. The van der Waals surface area contributed by atoms with Gasteiger partial charge in [-0.2, -0.15) is 5.11 Å². The lowest BCUT2D eigenvalue weighted by Crippen LogP contribution is -2.38. The topological polar surface area (TPSA) is 158 Å². The first-order valence-corrected chi connectivity index (χ1v) is 12.9. The summed E-state index contributed by atoms with van der Waals surface area (Å²) >= 11 is 1.15. The van der Waals surface area contributed by atoms with E-state index in [9.17, 15) is 19.2 Å².